The molecule has 6 aromatic carbocycles. The molecule has 0 aromatic heterocycles. The van der Waals surface area contributed by atoms with E-state index in [1.807, 2.05) is 0 Å². The summed E-state index contributed by atoms with van der Waals surface area (Å²) in [7, 11) is 0. The zero-order valence-electron chi connectivity index (χ0n) is 18.9. The van der Waals surface area contributed by atoms with Gasteiger partial charge in [-0.3, -0.25) is 0 Å². The molecule has 0 heteroatoms. The van der Waals surface area contributed by atoms with Crippen LogP contribution < -0.4 is 0 Å². The van der Waals surface area contributed by atoms with Gasteiger partial charge >= 0.3 is 0 Å². The Hall–Kier alpha value is -3.64. The van der Waals surface area contributed by atoms with E-state index in [4.69, 9.17) is 0 Å². The van der Waals surface area contributed by atoms with Gasteiger partial charge in [0.15, 0.2) is 0 Å². The maximum Gasteiger partial charge on any atom is -0.00227 e. The van der Waals surface area contributed by atoms with E-state index >= 15 is 0 Å². The number of hydrogen-bond acceptors (Lipinski definition) is 0. The van der Waals surface area contributed by atoms with Gasteiger partial charge in [0.1, 0.15) is 0 Å². The molecule has 0 nitrogen and oxygen atoms in total. The molecule has 0 aliphatic heterocycles. The van der Waals surface area contributed by atoms with Crippen molar-refractivity contribution < 1.29 is 0 Å². The number of benzene rings is 6. The second kappa shape index (κ2) is 7.21. The molecule has 0 N–H and O–H groups in total. The van der Waals surface area contributed by atoms with Crippen LogP contribution in [-0.4, -0.2) is 0 Å². The van der Waals surface area contributed by atoms with Crippen LogP contribution in [0.1, 0.15) is 27.8 Å². The molecule has 154 valence electrons. The number of aryl methyl sites for hydroxylation is 3. The third-order valence-electron chi connectivity index (χ3n) is 7.08. The van der Waals surface area contributed by atoms with E-state index in [9.17, 15) is 0 Å². The van der Waals surface area contributed by atoms with Gasteiger partial charge in [0.05, 0.1) is 0 Å². The maximum absolute atomic E-state index is 2.40. The topological polar surface area (TPSA) is 0 Å². The van der Waals surface area contributed by atoms with Crippen molar-refractivity contribution in [3.05, 3.63) is 119 Å². The van der Waals surface area contributed by atoms with Crippen LogP contribution in [0.15, 0.2) is 91.0 Å². The Morgan fingerprint density at radius 1 is 0.500 bits per heavy atom. The third kappa shape index (κ3) is 2.99. The van der Waals surface area contributed by atoms with Crippen LogP contribution in [0, 0.1) is 20.8 Å². The standard InChI is InChI=1S/C32H26/c1-20-8-12-29-26(16-20)17-21(2)32-19-23(9-13-31(29)32)18-25-11-15-30-27(22(25)3)14-10-24-6-4-5-7-28(24)30/h4-17,19H,18H2,1-3H3. The van der Waals surface area contributed by atoms with E-state index in [2.05, 4.69) is 112 Å². The quantitative estimate of drug-likeness (QED) is 0.250. The minimum Gasteiger partial charge on any atom is -0.0616 e. The van der Waals surface area contributed by atoms with Crippen LogP contribution >= 0.6 is 0 Å². The van der Waals surface area contributed by atoms with Crippen LogP contribution in [0.4, 0.5) is 0 Å². The molecular weight excluding hydrogens is 384 g/mol. The SMILES string of the molecule is Cc1ccc2c(c1)cc(C)c1cc(Cc3ccc4c(ccc5ccccc54)c3C)ccc12. The Kier molecular flexibility index (Phi) is 4.30. The van der Waals surface area contributed by atoms with Crippen molar-refractivity contribution >= 4 is 43.1 Å². The minimum atomic E-state index is 0.954. The van der Waals surface area contributed by atoms with Crippen molar-refractivity contribution in [1.82, 2.24) is 0 Å². The third-order valence-corrected chi connectivity index (χ3v) is 7.08. The van der Waals surface area contributed by atoms with E-state index in [1.54, 1.807) is 0 Å². The molecule has 0 bridgehead atoms. The Morgan fingerprint density at radius 3 is 2.12 bits per heavy atom. The van der Waals surface area contributed by atoms with Crippen molar-refractivity contribution in [2.24, 2.45) is 0 Å². The van der Waals surface area contributed by atoms with E-state index in [0.717, 1.165) is 6.42 Å². The van der Waals surface area contributed by atoms with E-state index in [0.29, 0.717) is 0 Å². The van der Waals surface area contributed by atoms with E-state index in [1.165, 1.54) is 70.9 Å². The fourth-order valence-electron chi connectivity index (χ4n) is 5.32. The largest absolute Gasteiger partial charge is 0.0616 e. The minimum absolute atomic E-state index is 0.954. The highest BCUT2D eigenvalue weighted by atomic mass is 14.1. The van der Waals surface area contributed by atoms with Crippen molar-refractivity contribution in [2.45, 2.75) is 27.2 Å². The molecule has 0 saturated carbocycles. The van der Waals surface area contributed by atoms with Gasteiger partial charge in [-0.05, 0) is 92.5 Å². The van der Waals surface area contributed by atoms with Crippen molar-refractivity contribution in [3.8, 4) is 0 Å². The maximum atomic E-state index is 2.40. The molecule has 0 aliphatic rings. The van der Waals surface area contributed by atoms with Gasteiger partial charge in [0, 0.05) is 0 Å². The average Bonchev–Trinajstić information content (AvgIpc) is 2.81. The molecular formula is C32H26. The molecule has 32 heavy (non-hydrogen) atoms. The smallest absolute Gasteiger partial charge is 0.00227 e. The molecule has 0 amide bonds. The van der Waals surface area contributed by atoms with Crippen molar-refractivity contribution in [3.63, 3.8) is 0 Å². The van der Waals surface area contributed by atoms with Gasteiger partial charge in [-0.25, -0.2) is 0 Å². The van der Waals surface area contributed by atoms with Crippen LogP contribution in [0.2, 0.25) is 0 Å². The first-order valence-corrected chi connectivity index (χ1v) is 11.4. The number of rotatable bonds is 2. The van der Waals surface area contributed by atoms with Crippen molar-refractivity contribution in [1.29, 1.82) is 0 Å². The summed E-state index contributed by atoms with van der Waals surface area (Å²) in [4.78, 5) is 0. The Bertz CT molecular complexity index is 1670. The lowest BCUT2D eigenvalue weighted by atomic mass is 9.91. The van der Waals surface area contributed by atoms with Crippen LogP contribution in [0.3, 0.4) is 0 Å². The Balaban J connectivity index is 1.46. The van der Waals surface area contributed by atoms with Crippen LogP contribution in [-0.2, 0) is 6.42 Å². The van der Waals surface area contributed by atoms with Gasteiger partial charge in [-0.2, -0.15) is 0 Å². The first-order valence-electron chi connectivity index (χ1n) is 11.4. The molecule has 6 aromatic rings. The summed E-state index contributed by atoms with van der Waals surface area (Å²) < 4.78 is 0. The second-order valence-electron chi connectivity index (χ2n) is 9.21. The highest BCUT2D eigenvalue weighted by Gasteiger charge is 2.10. The highest BCUT2D eigenvalue weighted by molar-refractivity contribution is 6.10. The normalized spacial score (nSPS) is 11.7. The van der Waals surface area contributed by atoms with Gasteiger partial charge < -0.3 is 0 Å². The zero-order chi connectivity index (χ0) is 21.8. The summed E-state index contributed by atoms with van der Waals surface area (Å²) in [6, 6.07) is 34.0. The van der Waals surface area contributed by atoms with Crippen molar-refractivity contribution in [2.75, 3.05) is 0 Å². The summed E-state index contributed by atoms with van der Waals surface area (Å²) in [5.41, 5.74) is 6.82. The molecule has 0 radical (unpaired) electrons. The van der Waals surface area contributed by atoms with E-state index < -0.39 is 0 Å². The summed E-state index contributed by atoms with van der Waals surface area (Å²) >= 11 is 0. The zero-order valence-corrected chi connectivity index (χ0v) is 18.9. The lowest BCUT2D eigenvalue weighted by Crippen LogP contribution is -1.94. The summed E-state index contributed by atoms with van der Waals surface area (Å²) in [6.45, 7) is 6.67. The Labute approximate surface area is 189 Å². The monoisotopic (exact) mass is 410 g/mol. The lowest BCUT2D eigenvalue weighted by Gasteiger charge is -2.14. The summed E-state index contributed by atoms with van der Waals surface area (Å²) in [5, 5.41) is 10.7. The Morgan fingerprint density at radius 2 is 1.22 bits per heavy atom. The number of fused-ring (bicyclic) bond motifs is 6. The average molecular weight is 411 g/mol. The molecule has 6 rings (SSSR count). The van der Waals surface area contributed by atoms with Crippen LogP contribution in [0.5, 0.6) is 0 Å². The van der Waals surface area contributed by atoms with Gasteiger partial charge in [0.2, 0.25) is 0 Å². The molecule has 0 atom stereocenters. The summed E-state index contributed by atoms with van der Waals surface area (Å²) in [5.74, 6) is 0. The molecule has 0 spiro atoms. The predicted octanol–water partition coefficient (Wildman–Crippen LogP) is 8.82. The first-order chi connectivity index (χ1) is 15.6. The molecule has 0 fully saturated rings. The predicted molar refractivity (Wildman–Crippen MR) is 140 cm³/mol. The lowest BCUT2D eigenvalue weighted by molar-refractivity contribution is 1.17. The second-order valence-corrected chi connectivity index (χ2v) is 9.21. The highest BCUT2D eigenvalue weighted by Crippen LogP contribution is 2.33. The van der Waals surface area contributed by atoms with E-state index in [-0.39, 0.29) is 0 Å². The first kappa shape index (κ1) is 19.1. The molecule has 0 saturated heterocycles. The van der Waals surface area contributed by atoms with Gasteiger partial charge in [-0.1, -0.05) is 96.6 Å². The fraction of sp³-hybridized carbons (Fsp3) is 0.125. The fourth-order valence-corrected chi connectivity index (χ4v) is 5.32. The van der Waals surface area contributed by atoms with Crippen LogP contribution in [0.25, 0.3) is 43.1 Å². The molecule has 0 heterocycles. The van der Waals surface area contributed by atoms with Gasteiger partial charge in [0.25, 0.3) is 0 Å². The summed E-state index contributed by atoms with van der Waals surface area (Å²) in [6.07, 6.45) is 0.954. The molecule has 0 aliphatic carbocycles. The molecule has 0 unspecified atom stereocenters. The number of hydrogen-bond donors (Lipinski definition) is 0. The van der Waals surface area contributed by atoms with Gasteiger partial charge in [-0.15, -0.1) is 0 Å².